The molecule has 7 nitrogen and oxygen atoms in total. The zero-order valence-electron chi connectivity index (χ0n) is 18.6. The molecule has 1 fully saturated rings. The zero-order valence-corrected chi connectivity index (χ0v) is 20.2. The van der Waals surface area contributed by atoms with Crippen molar-refractivity contribution in [2.24, 2.45) is 5.73 Å². The summed E-state index contributed by atoms with van der Waals surface area (Å²) in [7, 11) is -0.956. The first-order valence-corrected chi connectivity index (χ1v) is 13.1. The molecule has 1 aliphatic rings. The minimum atomic E-state index is -4.28. The van der Waals surface area contributed by atoms with Crippen LogP contribution in [-0.4, -0.2) is 56.0 Å². The van der Waals surface area contributed by atoms with Gasteiger partial charge in [0.15, 0.2) is 0 Å². The van der Waals surface area contributed by atoms with Gasteiger partial charge in [-0.1, -0.05) is 6.92 Å². The van der Waals surface area contributed by atoms with E-state index in [4.69, 9.17) is 5.73 Å². The van der Waals surface area contributed by atoms with E-state index >= 15 is 0 Å². The summed E-state index contributed by atoms with van der Waals surface area (Å²) in [5, 5.41) is 5.51. The third-order valence-corrected chi connectivity index (χ3v) is 8.25. The standard InChI is InChI=1S/C22H26F3N5O2S2/c1-2-34(32)30-5-3-13(4-6-30)17-9-28-20-15(17)7-14(8-16(20)21(26)31)18-11-33-19(29-18)10-27-12-22(23,24)25/h7-9,11,13,27-28H,2-6,10,12H2,1H3,(H2,26,31). The lowest BCUT2D eigenvalue weighted by molar-refractivity contribution is -0.125. The normalized spacial score (nSPS) is 16.8. The van der Waals surface area contributed by atoms with Gasteiger partial charge in [-0.15, -0.1) is 11.3 Å². The largest absolute Gasteiger partial charge is 0.401 e. The van der Waals surface area contributed by atoms with Crippen LogP contribution in [0.5, 0.6) is 0 Å². The van der Waals surface area contributed by atoms with Crippen molar-refractivity contribution in [3.05, 3.63) is 39.8 Å². The van der Waals surface area contributed by atoms with Crippen LogP contribution in [0.25, 0.3) is 22.2 Å². The van der Waals surface area contributed by atoms with Gasteiger partial charge in [-0.2, -0.15) is 13.2 Å². The number of nitrogens with two attached hydrogens (primary N) is 1. The molecule has 0 aliphatic carbocycles. The number of halogens is 3. The number of piperidine rings is 1. The quantitative estimate of drug-likeness (QED) is 0.425. The van der Waals surface area contributed by atoms with Crippen LogP contribution >= 0.6 is 11.3 Å². The van der Waals surface area contributed by atoms with Crippen LogP contribution in [0, 0.1) is 0 Å². The van der Waals surface area contributed by atoms with Crippen molar-refractivity contribution >= 4 is 39.1 Å². The predicted molar refractivity (Wildman–Crippen MR) is 128 cm³/mol. The van der Waals surface area contributed by atoms with Gasteiger partial charge >= 0.3 is 6.18 Å². The summed E-state index contributed by atoms with van der Waals surface area (Å²) in [5.74, 6) is 0.271. The second kappa shape index (κ2) is 10.1. The van der Waals surface area contributed by atoms with Crippen LogP contribution in [0.3, 0.4) is 0 Å². The Morgan fingerprint density at radius 1 is 1.35 bits per heavy atom. The second-order valence-corrected chi connectivity index (χ2v) is 10.9. The van der Waals surface area contributed by atoms with Gasteiger partial charge in [-0.25, -0.2) is 13.5 Å². The Morgan fingerprint density at radius 2 is 2.09 bits per heavy atom. The van der Waals surface area contributed by atoms with Crippen LogP contribution in [0.15, 0.2) is 23.7 Å². The van der Waals surface area contributed by atoms with E-state index in [-0.39, 0.29) is 12.5 Å². The van der Waals surface area contributed by atoms with Gasteiger partial charge in [0.05, 0.1) is 34.3 Å². The first-order chi connectivity index (χ1) is 16.2. The highest BCUT2D eigenvalue weighted by atomic mass is 32.2. The Hall–Kier alpha value is -2.28. The first kappa shape index (κ1) is 24.8. The molecule has 4 N–H and O–H groups in total. The highest BCUT2D eigenvalue weighted by Crippen LogP contribution is 2.37. The fourth-order valence-corrected chi connectivity index (χ4v) is 6.08. The van der Waals surface area contributed by atoms with Crippen molar-refractivity contribution in [3.63, 3.8) is 0 Å². The van der Waals surface area contributed by atoms with Crippen LogP contribution in [0.1, 0.15) is 46.6 Å². The average molecular weight is 514 g/mol. The second-order valence-electron chi connectivity index (χ2n) is 8.21. The van der Waals surface area contributed by atoms with E-state index in [1.54, 1.807) is 11.4 Å². The number of nitrogens with one attached hydrogen (secondary N) is 2. The molecule has 0 bridgehead atoms. The molecule has 12 heteroatoms. The van der Waals surface area contributed by atoms with Gasteiger partial charge < -0.3 is 16.0 Å². The minimum Gasteiger partial charge on any atom is -0.366 e. The van der Waals surface area contributed by atoms with E-state index in [1.807, 2.05) is 23.5 Å². The molecule has 2 aromatic heterocycles. The maximum atomic E-state index is 12.4. The maximum Gasteiger partial charge on any atom is 0.401 e. The fraction of sp³-hybridized carbons (Fsp3) is 0.455. The summed E-state index contributed by atoms with van der Waals surface area (Å²) in [6.45, 7) is 2.30. The molecule has 1 saturated heterocycles. The fourth-order valence-electron chi connectivity index (χ4n) is 4.32. The number of carbonyl (C=O) groups excluding carboxylic acids is 1. The topological polar surface area (TPSA) is 104 Å². The SMILES string of the molecule is CCS(=O)N1CCC(c2c[nH]c3c(C(N)=O)cc(-c4csc(CNCC(F)(F)F)n4)cc23)CC1. The summed E-state index contributed by atoms with van der Waals surface area (Å²) < 4.78 is 51.3. The van der Waals surface area contributed by atoms with Gasteiger partial charge in [0.1, 0.15) is 5.01 Å². The molecule has 1 amide bonds. The van der Waals surface area contributed by atoms with E-state index in [1.165, 1.54) is 11.3 Å². The Morgan fingerprint density at radius 3 is 2.74 bits per heavy atom. The molecule has 0 saturated carbocycles. The minimum absolute atomic E-state index is 0.00219. The summed E-state index contributed by atoms with van der Waals surface area (Å²) in [6.07, 6.45) is -0.680. The number of aromatic amines is 1. The Balaban J connectivity index is 1.61. The third kappa shape index (κ3) is 5.51. The number of carbonyl (C=O) groups is 1. The number of thiazole rings is 1. The first-order valence-electron chi connectivity index (χ1n) is 11.0. The monoisotopic (exact) mass is 513 g/mol. The summed E-state index contributed by atoms with van der Waals surface area (Å²) in [5.41, 5.74) is 9.00. The number of benzene rings is 1. The molecule has 184 valence electrons. The number of nitrogens with zero attached hydrogens (tertiary/aromatic N) is 2. The molecule has 1 aromatic carbocycles. The van der Waals surface area contributed by atoms with Crippen LogP contribution in [-0.2, 0) is 17.5 Å². The van der Waals surface area contributed by atoms with Gasteiger partial charge in [0, 0.05) is 47.9 Å². The predicted octanol–water partition coefficient (Wildman–Crippen LogP) is 3.91. The number of hydrogen-bond donors (Lipinski definition) is 3. The lowest BCUT2D eigenvalue weighted by Gasteiger charge is -2.30. The van der Waals surface area contributed by atoms with Crippen molar-refractivity contribution in [1.82, 2.24) is 19.6 Å². The Kier molecular flexibility index (Phi) is 7.41. The molecule has 0 spiro atoms. The van der Waals surface area contributed by atoms with Crippen LogP contribution in [0.4, 0.5) is 13.2 Å². The number of aromatic nitrogens is 2. The number of alkyl halides is 3. The van der Waals surface area contributed by atoms with Crippen LogP contribution in [0.2, 0.25) is 0 Å². The third-order valence-electron chi connectivity index (χ3n) is 5.96. The summed E-state index contributed by atoms with van der Waals surface area (Å²) >= 11 is 1.25. The number of hydrogen-bond acceptors (Lipinski definition) is 5. The van der Waals surface area contributed by atoms with Gasteiger partial charge in [-0.05, 0) is 36.5 Å². The van der Waals surface area contributed by atoms with Crippen molar-refractivity contribution < 1.29 is 22.2 Å². The van der Waals surface area contributed by atoms with E-state index in [0.29, 0.717) is 33.1 Å². The molecule has 4 rings (SSSR count). The lowest BCUT2D eigenvalue weighted by Crippen LogP contribution is -2.35. The molecule has 3 aromatic rings. The highest BCUT2D eigenvalue weighted by Gasteiger charge is 2.27. The summed E-state index contributed by atoms with van der Waals surface area (Å²) in [4.78, 5) is 19.9. The molecule has 1 aliphatic heterocycles. The molecule has 1 unspecified atom stereocenters. The molecule has 1 atom stereocenters. The van der Waals surface area contributed by atoms with E-state index in [9.17, 15) is 22.2 Å². The number of rotatable bonds is 8. The number of H-pyrrole nitrogens is 1. The molecular weight excluding hydrogens is 487 g/mol. The van der Waals surface area contributed by atoms with Crippen molar-refractivity contribution in [2.75, 3.05) is 25.4 Å². The van der Waals surface area contributed by atoms with E-state index in [2.05, 4.69) is 15.3 Å². The Bertz CT molecular complexity index is 1200. The summed E-state index contributed by atoms with van der Waals surface area (Å²) in [6, 6.07) is 3.62. The zero-order chi connectivity index (χ0) is 24.5. The molecule has 3 heterocycles. The average Bonchev–Trinajstić information content (AvgIpc) is 3.44. The smallest absolute Gasteiger partial charge is 0.366 e. The van der Waals surface area contributed by atoms with Gasteiger partial charge in [0.2, 0.25) is 0 Å². The van der Waals surface area contributed by atoms with Gasteiger partial charge in [0.25, 0.3) is 5.91 Å². The molecule has 34 heavy (non-hydrogen) atoms. The van der Waals surface area contributed by atoms with Crippen molar-refractivity contribution in [3.8, 4) is 11.3 Å². The maximum absolute atomic E-state index is 12.4. The number of primary amides is 1. The van der Waals surface area contributed by atoms with Gasteiger partial charge in [-0.3, -0.25) is 4.79 Å². The van der Waals surface area contributed by atoms with Crippen molar-refractivity contribution in [2.45, 2.75) is 38.4 Å². The number of amides is 1. The van der Waals surface area contributed by atoms with Crippen LogP contribution < -0.4 is 11.1 Å². The van der Waals surface area contributed by atoms with Crippen molar-refractivity contribution in [1.29, 1.82) is 0 Å². The highest BCUT2D eigenvalue weighted by molar-refractivity contribution is 7.82. The number of fused-ring (bicyclic) bond motifs is 1. The lowest BCUT2D eigenvalue weighted by atomic mass is 9.89. The Labute approximate surface area is 201 Å². The molecule has 0 radical (unpaired) electrons. The van der Waals surface area contributed by atoms with E-state index < -0.39 is 29.6 Å². The van der Waals surface area contributed by atoms with E-state index in [0.717, 1.165) is 36.9 Å². The molecular formula is C22H26F3N5O2S2.